The van der Waals surface area contributed by atoms with Crippen LogP contribution in [0.2, 0.25) is 0 Å². The van der Waals surface area contributed by atoms with Gasteiger partial charge in [-0.05, 0) is 69.0 Å². The van der Waals surface area contributed by atoms with Crippen LogP contribution in [-0.2, 0) is 7.05 Å². The third kappa shape index (κ3) is 3.92. The summed E-state index contributed by atoms with van der Waals surface area (Å²) in [5.41, 5.74) is 3.05. The topological polar surface area (TPSA) is 60.3 Å². The first-order valence-electron chi connectivity index (χ1n) is 12.8. The van der Waals surface area contributed by atoms with E-state index < -0.39 is 24.0 Å². The fraction of sp³-hybridized carbons (Fsp3) is 0.312. The van der Waals surface area contributed by atoms with E-state index in [-0.39, 0.29) is 5.41 Å². The molecule has 0 N–H and O–H groups in total. The highest BCUT2D eigenvalue weighted by atomic mass is 32.2. The minimum Gasteiger partial charge on any atom is -0.851 e. The molecule has 0 radical (unpaired) electrons. The highest BCUT2D eigenvalue weighted by Crippen LogP contribution is 2.49. The van der Waals surface area contributed by atoms with Gasteiger partial charge in [0.05, 0.1) is 7.11 Å². The summed E-state index contributed by atoms with van der Waals surface area (Å²) in [6, 6.07) is 18.5. The smallest absolute Gasteiger partial charge is 0.119 e. The molecule has 2 heterocycles. The summed E-state index contributed by atoms with van der Waals surface area (Å²) in [6.45, 7) is 6.56. The lowest BCUT2D eigenvalue weighted by Gasteiger charge is -2.59. The first kappa shape index (κ1) is 24.4. The molecule has 0 amide bonds. The van der Waals surface area contributed by atoms with E-state index in [2.05, 4.69) is 61.7 Å². The number of rotatable bonds is 3. The average Bonchev–Trinajstić information content (AvgIpc) is 3.16. The van der Waals surface area contributed by atoms with Gasteiger partial charge in [-0.1, -0.05) is 75.0 Å². The first-order chi connectivity index (χ1) is 17.7. The molecule has 4 nitrogen and oxygen atoms in total. The Kier molecular flexibility index (Phi) is 5.79. The molecule has 37 heavy (non-hydrogen) atoms. The van der Waals surface area contributed by atoms with Crippen LogP contribution in [0.3, 0.4) is 0 Å². The number of aromatic nitrogens is 1. The molecule has 0 bridgehead atoms. The number of ether oxygens (including phenoxy) is 1. The van der Waals surface area contributed by atoms with E-state index in [1.54, 1.807) is 18.9 Å². The van der Waals surface area contributed by atoms with Crippen molar-refractivity contribution in [3.63, 3.8) is 0 Å². The van der Waals surface area contributed by atoms with Crippen molar-refractivity contribution >= 4 is 45.1 Å². The Morgan fingerprint density at radius 3 is 2.35 bits per heavy atom. The van der Waals surface area contributed by atoms with Gasteiger partial charge in [-0.2, -0.15) is 0 Å². The van der Waals surface area contributed by atoms with Crippen LogP contribution in [0.15, 0.2) is 76.5 Å². The molecule has 5 heteroatoms. The largest absolute Gasteiger partial charge is 0.851 e. The lowest BCUT2D eigenvalue weighted by molar-refractivity contribution is -0.547. The van der Waals surface area contributed by atoms with Crippen LogP contribution >= 0.6 is 11.8 Å². The van der Waals surface area contributed by atoms with E-state index in [0.29, 0.717) is 0 Å². The summed E-state index contributed by atoms with van der Waals surface area (Å²) in [6.07, 6.45) is 4.06. The van der Waals surface area contributed by atoms with Gasteiger partial charge in [-0.25, -0.2) is 0 Å². The summed E-state index contributed by atoms with van der Waals surface area (Å²) < 4.78 is 7.58. The van der Waals surface area contributed by atoms with Crippen molar-refractivity contribution in [2.45, 2.75) is 37.9 Å². The van der Waals surface area contributed by atoms with E-state index >= 15 is 0 Å². The summed E-state index contributed by atoms with van der Waals surface area (Å²) in [4.78, 5) is 2.35. The molecule has 6 rings (SSSR count). The molecule has 3 aromatic carbocycles. The zero-order valence-electron chi connectivity index (χ0n) is 21.8. The Morgan fingerprint density at radius 1 is 0.946 bits per heavy atom. The van der Waals surface area contributed by atoms with E-state index in [9.17, 15) is 10.2 Å². The van der Waals surface area contributed by atoms with Crippen LogP contribution in [0.5, 0.6) is 5.75 Å². The van der Waals surface area contributed by atoms with Gasteiger partial charge < -0.3 is 19.5 Å². The molecule has 190 valence electrons. The standard InChI is InChI=1S/C32H31NO3S/c1-32(2,3)28-15-19(22-16-20(36-5)12-13-27(22)37-28)14-23-30(34)24(31(23)35)17-26-21-10-6-8-18-9-7-11-25(29(18)21)33(26)4/h6-17,23-24,30-31H,1-5H3/q-2/b19-14+,26-17-. The highest BCUT2D eigenvalue weighted by Gasteiger charge is 2.35. The highest BCUT2D eigenvalue weighted by molar-refractivity contribution is 8.03. The molecular weight excluding hydrogens is 478 g/mol. The Balaban J connectivity index is 1.39. The summed E-state index contributed by atoms with van der Waals surface area (Å²) >= 11 is 1.75. The maximum atomic E-state index is 13.5. The molecule has 2 atom stereocenters. The fourth-order valence-electron chi connectivity index (χ4n) is 5.66. The maximum absolute atomic E-state index is 13.5. The van der Waals surface area contributed by atoms with Gasteiger partial charge in [0.2, 0.25) is 0 Å². The van der Waals surface area contributed by atoms with Crippen molar-refractivity contribution in [2.75, 3.05) is 7.11 Å². The van der Waals surface area contributed by atoms with Crippen molar-refractivity contribution in [1.82, 2.24) is 4.57 Å². The predicted octanol–water partition coefficient (Wildman–Crippen LogP) is 4.66. The number of nitrogens with zero attached hydrogens (tertiary/aromatic N) is 1. The van der Waals surface area contributed by atoms with E-state index in [1.807, 2.05) is 43.5 Å². The zero-order chi connectivity index (χ0) is 26.1. The molecule has 4 aromatic rings. The van der Waals surface area contributed by atoms with E-state index in [0.717, 1.165) is 38.0 Å². The average molecular weight is 510 g/mol. The monoisotopic (exact) mass is 509 g/mol. The van der Waals surface area contributed by atoms with Crippen molar-refractivity contribution in [1.29, 1.82) is 0 Å². The zero-order valence-corrected chi connectivity index (χ0v) is 22.6. The van der Waals surface area contributed by atoms with Gasteiger partial charge >= 0.3 is 0 Å². The quantitative estimate of drug-likeness (QED) is 0.403. The molecule has 1 aliphatic heterocycles. The molecule has 0 saturated heterocycles. The summed E-state index contributed by atoms with van der Waals surface area (Å²) in [5.74, 6) is -0.358. The molecular formula is C32H31NO3S-2. The van der Waals surface area contributed by atoms with Crippen molar-refractivity contribution < 1.29 is 14.9 Å². The van der Waals surface area contributed by atoms with Crippen LogP contribution in [0, 0.1) is 17.3 Å². The van der Waals surface area contributed by atoms with Crippen LogP contribution in [0.4, 0.5) is 0 Å². The molecule has 0 spiro atoms. The van der Waals surface area contributed by atoms with Crippen LogP contribution in [-0.4, -0.2) is 23.9 Å². The van der Waals surface area contributed by atoms with Gasteiger partial charge in [0.1, 0.15) is 5.75 Å². The second-order valence-electron chi connectivity index (χ2n) is 11.2. The fourth-order valence-corrected chi connectivity index (χ4v) is 6.81. The SMILES string of the molecule is COc1ccc2c(c1)/C(=C/C1C([O-])C(/C=c3/c4cccc5cccc(c54)n3C)C1[O-])C=C(C(C)(C)C)S2. The Hall–Kier alpha value is -2.99. The Morgan fingerprint density at radius 2 is 1.65 bits per heavy atom. The number of aryl methyl sites for hydroxylation is 1. The molecule has 2 aliphatic rings. The van der Waals surface area contributed by atoms with Crippen LogP contribution in [0.1, 0.15) is 26.3 Å². The molecule has 1 fully saturated rings. The minimum atomic E-state index is -0.978. The summed E-state index contributed by atoms with van der Waals surface area (Å²) in [7, 11) is 3.67. The molecule has 2 unspecified atom stereocenters. The second-order valence-corrected chi connectivity index (χ2v) is 12.3. The van der Waals surface area contributed by atoms with Crippen LogP contribution in [0.25, 0.3) is 33.3 Å². The van der Waals surface area contributed by atoms with Crippen molar-refractivity contribution in [3.05, 3.63) is 82.6 Å². The summed E-state index contributed by atoms with van der Waals surface area (Å²) in [5, 5.41) is 31.4. The Bertz CT molecular complexity index is 1620. The number of allylic oxidation sites excluding steroid dienone is 3. The molecule has 1 aromatic heterocycles. The number of thioether (sulfide) groups is 1. The van der Waals surface area contributed by atoms with Crippen molar-refractivity contribution in [2.24, 2.45) is 24.3 Å². The maximum Gasteiger partial charge on any atom is 0.119 e. The van der Waals surface area contributed by atoms with Gasteiger partial charge in [-0.3, -0.25) is 0 Å². The number of fused-ring (bicyclic) bond motifs is 1. The lowest BCUT2D eigenvalue weighted by Crippen LogP contribution is -2.65. The normalized spacial score (nSPS) is 25.4. The number of benzene rings is 3. The third-order valence-electron chi connectivity index (χ3n) is 7.86. The van der Waals surface area contributed by atoms with Gasteiger partial charge in [0.15, 0.2) is 0 Å². The van der Waals surface area contributed by atoms with E-state index in [4.69, 9.17) is 4.74 Å². The predicted molar refractivity (Wildman–Crippen MR) is 149 cm³/mol. The molecule has 1 saturated carbocycles. The number of hydrogen-bond acceptors (Lipinski definition) is 4. The van der Waals surface area contributed by atoms with Gasteiger partial charge in [0, 0.05) is 33.6 Å². The Labute approximate surface area is 221 Å². The van der Waals surface area contributed by atoms with Crippen molar-refractivity contribution in [3.8, 4) is 5.75 Å². The lowest BCUT2D eigenvalue weighted by atomic mass is 9.67. The van der Waals surface area contributed by atoms with Crippen LogP contribution < -0.4 is 20.3 Å². The van der Waals surface area contributed by atoms with E-state index in [1.165, 1.54) is 15.7 Å². The first-order valence-corrected chi connectivity index (χ1v) is 13.6. The van der Waals surface area contributed by atoms with Gasteiger partial charge in [-0.15, -0.1) is 12.2 Å². The minimum absolute atomic E-state index is 0.0369. The second kappa shape index (κ2) is 8.80. The molecule has 1 aliphatic carbocycles. The number of hydrogen-bond donors (Lipinski definition) is 0. The number of methoxy groups -OCH3 is 1. The third-order valence-corrected chi connectivity index (χ3v) is 9.39. The van der Waals surface area contributed by atoms with Gasteiger partial charge in [0.25, 0.3) is 0 Å².